The second-order valence-corrected chi connectivity index (χ2v) is 3.60. The third-order valence-electron chi connectivity index (χ3n) is 1.70. The summed E-state index contributed by atoms with van der Waals surface area (Å²) in [6, 6.07) is 1.90. The van der Waals surface area contributed by atoms with Crippen molar-refractivity contribution in [2.45, 2.75) is 0 Å². The average molecular weight is 251 g/mol. The van der Waals surface area contributed by atoms with Gasteiger partial charge in [-0.2, -0.15) is 0 Å². The van der Waals surface area contributed by atoms with Gasteiger partial charge in [0.1, 0.15) is 11.5 Å². The third kappa shape index (κ3) is 1.72. The Balaban J connectivity index is 2.55. The predicted molar refractivity (Wildman–Crippen MR) is 57.4 cm³/mol. The van der Waals surface area contributed by atoms with Crippen LogP contribution in [0.2, 0.25) is 0 Å². The molecule has 0 amide bonds. The molecule has 70 valence electrons. The van der Waals surface area contributed by atoms with Gasteiger partial charge in [0.25, 0.3) is 0 Å². The van der Waals surface area contributed by atoms with Crippen molar-refractivity contribution in [3.63, 3.8) is 0 Å². The first kappa shape index (κ1) is 9.08. The van der Waals surface area contributed by atoms with Crippen LogP contribution in [0.15, 0.2) is 35.3 Å². The number of aromatic nitrogens is 3. The molecule has 0 aliphatic heterocycles. The SMILES string of the molecule is Nc1nccnc1-c1cncc(Br)c1. The summed E-state index contributed by atoms with van der Waals surface area (Å²) < 4.78 is 0.889. The van der Waals surface area contributed by atoms with Crippen molar-refractivity contribution in [3.05, 3.63) is 35.3 Å². The number of rotatable bonds is 1. The summed E-state index contributed by atoms with van der Waals surface area (Å²) in [6.45, 7) is 0. The largest absolute Gasteiger partial charge is 0.382 e. The molecular formula is C9H7BrN4. The zero-order chi connectivity index (χ0) is 9.97. The summed E-state index contributed by atoms with van der Waals surface area (Å²) in [6.07, 6.45) is 6.57. The van der Waals surface area contributed by atoms with E-state index in [-0.39, 0.29) is 0 Å². The Morgan fingerprint density at radius 1 is 1.14 bits per heavy atom. The summed E-state index contributed by atoms with van der Waals surface area (Å²) in [5, 5.41) is 0. The molecule has 0 aromatic carbocycles. The van der Waals surface area contributed by atoms with Crippen molar-refractivity contribution >= 4 is 21.7 Å². The van der Waals surface area contributed by atoms with Gasteiger partial charge in [0, 0.05) is 34.8 Å². The molecule has 0 spiro atoms. The zero-order valence-corrected chi connectivity index (χ0v) is 8.77. The van der Waals surface area contributed by atoms with Crippen LogP contribution in [0.4, 0.5) is 5.82 Å². The predicted octanol–water partition coefficient (Wildman–Crippen LogP) is 1.88. The van der Waals surface area contributed by atoms with E-state index in [0.29, 0.717) is 11.5 Å². The minimum absolute atomic E-state index is 0.410. The van der Waals surface area contributed by atoms with Gasteiger partial charge >= 0.3 is 0 Å². The summed E-state index contributed by atoms with van der Waals surface area (Å²) in [7, 11) is 0. The molecule has 0 radical (unpaired) electrons. The van der Waals surface area contributed by atoms with E-state index in [1.807, 2.05) is 6.07 Å². The Morgan fingerprint density at radius 3 is 2.64 bits per heavy atom. The molecule has 5 heteroatoms. The number of nitrogens with zero attached hydrogens (tertiary/aromatic N) is 3. The van der Waals surface area contributed by atoms with E-state index in [2.05, 4.69) is 30.9 Å². The van der Waals surface area contributed by atoms with Crippen LogP contribution < -0.4 is 5.73 Å². The summed E-state index contributed by atoms with van der Waals surface area (Å²) >= 11 is 3.33. The molecule has 4 nitrogen and oxygen atoms in total. The van der Waals surface area contributed by atoms with Crippen molar-refractivity contribution in [2.24, 2.45) is 0 Å². The van der Waals surface area contributed by atoms with Gasteiger partial charge in [-0.3, -0.25) is 9.97 Å². The fourth-order valence-electron chi connectivity index (χ4n) is 1.11. The molecule has 14 heavy (non-hydrogen) atoms. The second kappa shape index (κ2) is 3.71. The minimum Gasteiger partial charge on any atom is -0.382 e. The minimum atomic E-state index is 0.410. The first-order valence-corrected chi connectivity index (χ1v) is 4.74. The van der Waals surface area contributed by atoms with Gasteiger partial charge in [-0.25, -0.2) is 4.98 Å². The zero-order valence-electron chi connectivity index (χ0n) is 7.18. The van der Waals surface area contributed by atoms with Crippen molar-refractivity contribution in [2.75, 3.05) is 5.73 Å². The van der Waals surface area contributed by atoms with Crippen LogP contribution >= 0.6 is 15.9 Å². The van der Waals surface area contributed by atoms with E-state index >= 15 is 0 Å². The highest BCUT2D eigenvalue weighted by Gasteiger charge is 2.04. The van der Waals surface area contributed by atoms with Crippen LogP contribution in [0.25, 0.3) is 11.3 Å². The molecule has 0 atom stereocenters. The fourth-order valence-corrected chi connectivity index (χ4v) is 1.48. The highest BCUT2D eigenvalue weighted by Crippen LogP contribution is 2.22. The molecule has 2 rings (SSSR count). The highest BCUT2D eigenvalue weighted by atomic mass is 79.9. The van der Waals surface area contributed by atoms with E-state index in [9.17, 15) is 0 Å². The molecule has 0 saturated carbocycles. The Kier molecular flexibility index (Phi) is 2.41. The van der Waals surface area contributed by atoms with Crippen LogP contribution in [0, 0.1) is 0 Å². The average Bonchev–Trinajstić information content (AvgIpc) is 2.18. The first-order valence-electron chi connectivity index (χ1n) is 3.95. The van der Waals surface area contributed by atoms with Gasteiger partial charge in [0.15, 0.2) is 0 Å². The lowest BCUT2D eigenvalue weighted by Crippen LogP contribution is -1.96. The molecule has 0 aliphatic rings. The van der Waals surface area contributed by atoms with E-state index in [0.717, 1.165) is 10.0 Å². The molecule has 0 fully saturated rings. The number of anilines is 1. The maximum atomic E-state index is 5.69. The van der Waals surface area contributed by atoms with Crippen LogP contribution in [0.1, 0.15) is 0 Å². The van der Waals surface area contributed by atoms with Crippen LogP contribution in [-0.2, 0) is 0 Å². The lowest BCUT2D eigenvalue weighted by Gasteiger charge is -2.02. The number of halogens is 1. The normalized spacial score (nSPS) is 10.1. The molecule has 0 bridgehead atoms. The molecule has 2 aromatic rings. The molecule has 0 unspecified atom stereocenters. The van der Waals surface area contributed by atoms with E-state index < -0.39 is 0 Å². The smallest absolute Gasteiger partial charge is 0.150 e. The number of hydrogen-bond acceptors (Lipinski definition) is 4. The Labute approximate surface area is 89.4 Å². The lowest BCUT2D eigenvalue weighted by molar-refractivity contribution is 1.20. The monoisotopic (exact) mass is 250 g/mol. The number of hydrogen-bond donors (Lipinski definition) is 1. The van der Waals surface area contributed by atoms with Gasteiger partial charge in [-0.05, 0) is 22.0 Å². The molecule has 0 aliphatic carbocycles. The Morgan fingerprint density at radius 2 is 1.93 bits per heavy atom. The standard InChI is InChI=1S/C9H7BrN4/c10-7-3-6(4-12-5-7)8-9(11)14-2-1-13-8/h1-5H,(H2,11,14). The molecular weight excluding hydrogens is 244 g/mol. The van der Waals surface area contributed by atoms with Crippen LogP contribution in [0.3, 0.4) is 0 Å². The summed E-state index contributed by atoms with van der Waals surface area (Å²) in [5.41, 5.74) is 7.19. The van der Waals surface area contributed by atoms with Crippen molar-refractivity contribution in [3.8, 4) is 11.3 Å². The van der Waals surface area contributed by atoms with Gasteiger partial charge in [0.05, 0.1) is 0 Å². The lowest BCUT2D eigenvalue weighted by atomic mass is 10.2. The third-order valence-corrected chi connectivity index (χ3v) is 2.14. The maximum Gasteiger partial charge on any atom is 0.150 e. The van der Waals surface area contributed by atoms with E-state index in [1.165, 1.54) is 0 Å². The quantitative estimate of drug-likeness (QED) is 0.840. The van der Waals surface area contributed by atoms with Crippen LogP contribution in [-0.4, -0.2) is 15.0 Å². The van der Waals surface area contributed by atoms with Gasteiger partial charge in [0.2, 0.25) is 0 Å². The Hall–Kier alpha value is -1.49. The van der Waals surface area contributed by atoms with Gasteiger partial charge in [-0.1, -0.05) is 0 Å². The van der Waals surface area contributed by atoms with E-state index in [4.69, 9.17) is 5.73 Å². The second-order valence-electron chi connectivity index (χ2n) is 2.68. The number of nitrogen functional groups attached to an aromatic ring is 1. The summed E-state index contributed by atoms with van der Waals surface area (Å²) in [5.74, 6) is 0.410. The molecule has 2 aromatic heterocycles. The first-order chi connectivity index (χ1) is 6.77. The van der Waals surface area contributed by atoms with Crippen molar-refractivity contribution in [1.29, 1.82) is 0 Å². The molecule has 0 saturated heterocycles. The van der Waals surface area contributed by atoms with Crippen molar-refractivity contribution in [1.82, 2.24) is 15.0 Å². The highest BCUT2D eigenvalue weighted by molar-refractivity contribution is 9.10. The topological polar surface area (TPSA) is 64.7 Å². The van der Waals surface area contributed by atoms with Crippen molar-refractivity contribution < 1.29 is 0 Å². The number of nitrogens with two attached hydrogens (primary N) is 1. The summed E-state index contributed by atoms with van der Waals surface area (Å²) in [4.78, 5) is 12.1. The Bertz CT molecular complexity index is 458. The maximum absolute atomic E-state index is 5.69. The number of pyridine rings is 1. The van der Waals surface area contributed by atoms with Crippen LogP contribution in [0.5, 0.6) is 0 Å². The molecule has 2 N–H and O–H groups in total. The van der Waals surface area contributed by atoms with E-state index in [1.54, 1.807) is 24.8 Å². The van der Waals surface area contributed by atoms with Gasteiger partial charge in [-0.15, -0.1) is 0 Å². The van der Waals surface area contributed by atoms with Gasteiger partial charge < -0.3 is 5.73 Å². The fraction of sp³-hybridized carbons (Fsp3) is 0. The molecule has 2 heterocycles.